The lowest BCUT2D eigenvalue weighted by Gasteiger charge is -2.04. The van der Waals surface area contributed by atoms with Crippen molar-refractivity contribution in [2.45, 2.75) is 38.5 Å². The Kier molecular flexibility index (Phi) is 10.1. The van der Waals surface area contributed by atoms with Crippen molar-refractivity contribution in [3.05, 3.63) is 6.92 Å². The summed E-state index contributed by atoms with van der Waals surface area (Å²) >= 11 is 0. The molecular formula is C11H22NO2-. The molecule has 0 rings (SSSR count). The van der Waals surface area contributed by atoms with E-state index in [1.165, 1.54) is 7.11 Å². The smallest absolute Gasteiger partial charge is 0.305 e. The zero-order valence-electron chi connectivity index (χ0n) is 9.18. The maximum Gasteiger partial charge on any atom is 0.305 e. The molecule has 3 heteroatoms. The Hall–Kier alpha value is -0.570. The van der Waals surface area contributed by atoms with Crippen molar-refractivity contribution in [3.63, 3.8) is 0 Å². The number of ether oxygens (including phenoxy) is 1. The van der Waals surface area contributed by atoms with E-state index in [-0.39, 0.29) is 5.97 Å². The first-order chi connectivity index (χ1) is 6.81. The van der Waals surface area contributed by atoms with Crippen LogP contribution in [-0.4, -0.2) is 26.2 Å². The predicted molar refractivity (Wildman–Crippen MR) is 57.9 cm³/mol. The van der Waals surface area contributed by atoms with Crippen LogP contribution >= 0.6 is 0 Å². The normalized spacial score (nSPS) is 10.1. The Bertz CT molecular complexity index is 137. The molecule has 3 nitrogen and oxygen atoms in total. The van der Waals surface area contributed by atoms with Crippen LogP contribution in [-0.2, 0) is 9.53 Å². The quantitative estimate of drug-likeness (QED) is 0.351. The summed E-state index contributed by atoms with van der Waals surface area (Å²) in [7, 11) is 1.43. The molecule has 0 spiro atoms. The summed E-state index contributed by atoms with van der Waals surface area (Å²) in [4.78, 5) is 10.7. The lowest BCUT2D eigenvalue weighted by atomic mass is 10.2. The summed E-state index contributed by atoms with van der Waals surface area (Å²) in [5.74, 6) is -0.102. The van der Waals surface area contributed by atoms with Gasteiger partial charge in [-0.25, -0.2) is 0 Å². The molecule has 0 aromatic heterocycles. The Morgan fingerprint density at radius 2 is 1.93 bits per heavy atom. The molecule has 0 saturated heterocycles. The van der Waals surface area contributed by atoms with Gasteiger partial charge in [0.2, 0.25) is 0 Å². The Labute approximate surface area is 87.2 Å². The SMILES string of the molecule is [CH2-]CCCNCCCCCC(=O)OC. The van der Waals surface area contributed by atoms with Gasteiger partial charge in [-0.1, -0.05) is 12.8 Å². The van der Waals surface area contributed by atoms with Gasteiger partial charge in [-0.3, -0.25) is 4.79 Å². The standard InChI is InChI=1S/C11H22NO2/c1-3-4-9-12-10-7-5-6-8-11(13)14-2/h12H,1,3-10H2,2H3/q-1. The van der Waals surface area contributed by atoms with Crippen molar-refractivity contribution in [1.29, 1.82) is 0 Å². The van der Waals surface area contributed by atoms with Gasteiger partial charge in [0.25, 0.3) is 0 Å². The largest absolute Gasteiger partial charge is 0.469 e. The summed E-state index contributed by atoms with van der Waals surface area (Å²) in [6, 6.07) is 0. The van der Waals surface area contributed by atoms with E-state index in [2.05, 4.69) is 17.0 Å². The maximum absolute atomic E-state index is 10.7. The van der Waals surface area contributed by atoms with Crippen LogP contribution in [0.3, 0.4) is 0 Å². The van der Waals surface area contributed by atoms with Crippen LogP contribution < -0.4 is 5.32 Å². The molecule has 0 atom stereocenters. The molecule has 0 bridgehead atoms. The topological polar surface area (TPSA) is 38.3 Å². The van der Waals surface area contributed by atoms with Crippen LogP contribution in [0.4, 0.5) is 0 Å². The summed E-state index contributed by atoms with van der Waals surface area (Å²) in [6.07, 6.45) is 5.84. The van der Waals surface area contributed by atoms with E-state index in [0.29, 0.717) is 6.42 Å². The third-order valence-electron chi connectivity index (χ3n) is 2.07. The molecule has 1 N–H and O–H groups in total. The Balaban J connectivity index is 2.95. The average Bonchev–Trinajstić information content (AvgIpc) is 2.21. The van der Waals surface area contributed by atoms with E-state index in [9.17, 15) is 4.79 Å². The van der Waals surface area contributed by atoms with Gasteiger partial charge in [0, 0.05) is 6.42 Å². The van der Waals surface area contributed by atoms with Crippen molar-refractivity contribution < 1.29 is 9.53 Å². The molecule has 0 saturated carbocycles. The molecule has 0 fully saturated rings. The van der Waals surface area contributed by atoms with E-state index in [1.54, 1.807) is 0 Å². The second kappa shape index (κ2) is 10.5. The van der Waals surface area contributed by atoms with Gasteiger partial charge in [0.15, 0.2) is 0 Å². The fraction of sp³-hybridized carbons (Fsp3) is 0.818. The summed E-state index contributed by atoms with van der Waals surface area (Å²) in [5.41, 5.74) is 0. The van der Waals surface area contributed by atoms with Crippen molar-refractivity contribution >= 4 is 5.97 Å². The third kappa shape index (κ3) is 9.52. The van der Waals surface area contributed by atoms with Gasteiger partial charge in [0.05, 0.1) is 7.11 Å². The third-order valence-corrected chi connectivity index (χ3v) is 2.07. The first kappa shape index (κ1) is 13.4. The van der Waals surface area contributed by atoms with E-state index >= 15 is 0 Å². The number of esters is 1. The molecule has 0 heterocycles. The minimum absolute atomic E-state index is 0.102. The highest BCUT2D eigenvalue weighted by atomic mass is 16.5. The molecule has 0 unspecified atom stereocenters. The number of nitrogens with one attached hydrogen (secondary N) is 1. The number of hydrogen-bond acceptors (Lipinski definition) is 3. The number of methoxy groups -OCH3 is 1. The highest BCUT2D eigenvalue weighted by Crippen LogP contribution is 1.99. The molecule has 14 heavy (non-hydrogen) atoms. The monoisotopic (exact) mass is 200 g/mol. The zero-order valence-corrected chi connectivity index (χ0v) is 9.18. The van der Waals surface area contributed by atoms with Gasteiger partial charge < -0.3 is 17.0 Å². The molecular weight excluding hydrogens is 178 g/mol. The van der Waals surface area contributed by atoms with E-state index < -0.39 is 0 Å². The van der Waals surface area contributed by atoms with Gasteiger partial charge in [-0.2, -0.15) is 6.42 Å². The lowest BCUT2D eigenvalue weighted by Crippen LogP contribution is -2.16. The van der Waals surface area contributed by atoms with Crippen molar-refractivity contribution in [2.24, 2.45) is 0 Å². The minimum Gasteiger partial charge on any atom is -0.469 e. The van der Waals surface area contributed by atoms with Gasteiger partial charge in [-0.05, 0) is 25.9 Å². The number of hydrogen-bond donors (Lipinski definition) is 1. The fourth-order valence-corrected chi connectivity index (χ4v) is 1.17. The number of carbonyl (C=O) groups is 1. The second-order valence-corrected chi connectivity index (χ2v) is 3.34. The van der Waals surface area contributed by atoms with Crippen molar-refractivity contribution in [2.75, 3.05) is 20.2 Å². The van der Waals surface area contributed by atoms with Crippen molar-refractivity contribution in [3.8, 4) is 0 Å². The molecule has 0 radical (unpaired) electrons. The lowest BCUT2D eigenvalue weighted by molar-refractivity contribution is -0.140. The van der Waals surface area contributed by atoms with Gasteiger partial charge in [-0.15, -0.1) is 0 Å². The highest BCUT2D eigenvalue weighted by molar-refractivity contribution is 5.68. The Morgan fingerprint density at radius 3 is 2.57 bits per heavy atom. The van der Waals surface area contributed by atoms with Crippen LogP contribution in [0.25, 0.3) is 0 Å². The van der Waals surface area contributed by atoms with E-state index in [0.717, 1.165) is 45.2 Å². The summed E-state index contributed by atoms with van der Waals surface area (Å²) in [6.45, 7) is 5.87. The van der Waals surface area contributed by atoms with Crippen LogP contribution in [0, 0.1) is 6.92 Å². The molecule has 0 aromatic carbocycles. The number of carbonyl (C=O) groups excluding carboxylic acids is 1. The van der Waals surface area contributed by atoms with Gasteiger partial charge >= 0.3 is 5.97 Å². The van der Waals surface area contributed by atoms with Crippen molar-refractivity contribution in [1.82, 2.24) is 5.32 Å². The molecule has 0 amide bonds. The summed E-state index contributed by atoms with van der Waals surface area (Å²) in [5, 5.41) is 3.33. The van der Waals surface area contributed by atoms with Crippen LogP contribution in [0.1, 0.15) is 38.5 Å². The average molecular weight is 200 g/mol. The molecule has 84 valence electrons. The first-order valence-electron chi connectivity index (χ1n) is 5.38. The minimum atomic E-state index is -0.102. The van der Waals surface area contributed by atoms with Crippen LogP contribution in [0.15, 0.2) is 0 Å². The first-order valence-corrected chi connectivity index (χ1v) is 5.38. The second-order valence-electron chi connectivity index (χ2n) is 3.34. The fourth-order valence-electron chi connectivity index (χ4n) is 1.17. The van der Waals surface area contributed by atoms with E-state index in [4.69, 9.17) is 0 Å². The maximum atomic E-state index is 10.7. The van der Waals surface area contributed by atoms with Crippen LogP contribution in [0.5, 0.6) is 0 Å². The number of unbranched alkanes of at least 4 members (excludes halogenated alkanes) is 3. The molecule has 0 aliphatic carbocycles. The molecule has 0 aromatic rings. The Morgan fingerprint density at radius 1 is 1.21 bits per heavy atom. The van der Waals surface area contributed by atoms with Crippen LogP contribution in [0.2, 0.25) is 0 Å². The van der Waals surface area contributed by atoms with E-state index in [1.807, 2.05) is 0 Å². The molecule has 0 aliphatic heterocycles. The van der Waals surface area contributed by atoms with Gasteiger partial charge in [0.1, 0.15) is 0 Å². The highest BCUT2D eigenvalue weighted by Gasteiger charge is 1.98. The zero-order chi connectivity index (χ0) is 10.6. The molecule has 0 aliphatic rings. The summed E-state index contributed by atoms with van der Waals surface area (Å²) < 4.78 is 4.55. The number of rotatable bonds is 9. The predicted octanol–water partition coefficient (Wildman–Crippen LogP) is 1.92.